The molecule has 0 heterocycles. The third-order valence-electron chi connectivity index (χ3n) is 3.93. The number of nitrogens with zero attached hydrogens (tertiary/aromatic N) is 1. The van der Waals surface area contributed by atoms with E-state index in [1.807, 2.05) is 12.1 Å². The molecule has 1 aliphatic rings. The summed E-state index contributed by atoms with van der Waals surface area (Å²) in [6.07, 6.45) is 3.87. The first-order chi connectivity index (χ1) is 10.2. The zero-order valence-corrected chi connectivity index (χ0v) is 12.9. The van der Waals surface area contributed by atoms with E-state index in [0.717, 1.165) is 43.9 Å². The number of nitriles is 1. The predicted octanol–water partition coefficient (Wildman–Crippen LogP) is 3.27. The number of hydrogen-bond donors (Lipinski definition) is 1. The van der Waals surface area contributed by atoms with Gasteiger partial charge in [0.05, 0.1) is 19.8 Å². The molecule has 1 saturated carbocycles. The molecule has 0 amide bonds. The first-order valence-corrected chi connectivity index (χ1v) is 7.60. The molecule has 21 heavy (non-hydrogen) atoms. The van der Waals surface area contributed by atoms with Gasteiger partial charge in [-0.3, -0.25) is 0 Å². The summed E-state index contributed by atoms with van der Waals surface area (Å²) in [6.45, 7) is 4.60. The average Bonchev–Trinajstić information content (AvgIpc) is 3.26. The summed E-state index contributed by atoms with van der Waals surface area (Å²) in [6, 6.07) is 8.29. The van der Waals surface area contributed by atoms with Crippen molar-refractivity contribution in [2.24, 2.45) is 5.41 Å². The largest absolute Gasteiger partial charge is 0.493 e. The van der Waals surface area contributed by atoms with Gasteiger partial charge in [-0.25, -0.2) is 0 Å². The second-order valence-corrected chi connectivity index (χ2v) is 5.79. The molecule has 1 aromatic carbocycles. The van der Waals surface area contributed by atoms with Crippen LogP contribution in [0.1, 0.15) is 38.2 Å². The van der Waals surface area contributed by atoms with E-state index in [1.165, 1.54) is 5.56 Å². The molecular formula is C17H24N2O2. The van der Waals surface area contributed by atoms with Gasteiger partial charge >= 0.3 is 0 Å². The van der Waals surface area contributed by atoms with E-state index in [2.05, 4.69) is 24.4 Å². The maximum atomic E-state index is 8.84. The minimum Gasteiger partial charge on any atom is -0.493 e. The number of nitrogens with one attached hydrogen (secondary N) is 1. The van der Waals surface area contributed by atoms with Crippen molar-refractivity contribution in [1.29, 1.82) is 5.26 Å². The molecule has 1 N–H and O–H groups in total. The van der Waals surface area contributed by atoms with Crippen LogP contribution >= 0.6 is 0 Å². The van der Waals surface area contributed by atoms with Gasteiger partial charge in [-0.1, -0.05) is 13.0 Å². The molecule has 4 heteroatoms. The molecule has 0 aromatic heterocycles. The molecule has 114 valence electrons. The summed E-state index contributed by atoms with van der Waals surface area (Å²) in [5, 5.41) is 12.2. The standard InChI is InChI=1S/C17H24N2O2/c1-3-10-19-12-14-4-5-15(16(11-14)20-2)21-13-17(6-7-17)8-9-18/h4-5,11,19H,3,6-8,10,12-13H2,1-2H3. The fourth-order valence-electron chi connectivity index (χ4n) is 2.30. The van der Waals surface area contributed by atoms with Gasteiger partial charge in [-0.2, -0.15) is 5.26 Å². The maximum absolute atomic E-state index is 8.84. The van der Waals surface area contributed by atoms with E-state index in [0.29, 0.717) is 13.0 Å². The molecule has 0 unspecified atom stereocenters. The molecule has 1 aliphatic carbocycles. The fourth-order valence-corrected chi connectivity index (χ4v) is 2.30. The van der Waals surface area contributed by atoms with Gasteiger partial charge in [0.1, 0.15) is 0 Å². The van der Waals surface area contributed by atoms with Crippen LogP contribution in [0.15, 0.2) is 18.2 Å². The second-order valence-electron chi connectivity index (χ2n) is 5.79. The van der Waals surface area contributed by atoms with Crippen LogP contribution in [0.2, 0.25) is 0 Å². The van der Waals surface area contributed by atoms with E-state index in [-0.39, 0.29) is 5.41 Å². The summed E-state index contributed by atoms with van der Waals surface area (Å²) in [4.78, 5) is 0. The van der Waals surface area contributed by atoms with Gasteiger partial charge in [0.15, 0.2) is 11.5 Å². The lowest BCUT2D eigenvalue weighted by atomic mass is 10.1. The third kappa shape index (κ3) is 4.37. The van der Waals surface area contributed by atoms with Crippen molar-refractivity contribution in [2.75, 3.05) is 20.3 Å². The zero-order chi connectivity index (χ0) is 15.1. The molecule has 0 radical (unpaired) electrons. The molecule has 2 rings (SSSR count). The van der Waals surface area contributed by atoms with Crippen LogP contribution in [0.4, 0.5) is 0 Å². The predicted molar refractivity (Wildman–Crippen MR) is 82.4 cm³/mol. The molecule has 0 aliphatic heterocycles. The van der Waals surface area contributed by atoms with Gasteiger partial charge in [0.2, 0.25) is 0 Å². The number of benzene rings is 1. The van der Waals surface area contributed by atoms with E-state index in [9.17, 15) is 0 Å². The SMILES string of the molecule is CCCNCc1ccc(OCC2(CC#N)CC2)c(OC)c1. The van der Waals surface area contributed by atoms with Crippen LogP contribution < -0.4 is 14.8 Å². The highest BCUT2D eigenvalue weighted by Crippen LogP contribution is 2.49. The number of ether oxygens (including phenoxy) is 2. The zero-order valence-electron chi connectivity index (χ0n) is 12.9. The van der Waals surface area contributed by atoms with Crippen LogP contribution in [0.25, 0.3) is 0 Å². The van der Waals surface area contributed by atoms with E-state index >= 15 is 0 Å². The van der Waals surface area contributed by atoms with Gasteiger partial charge in [0, 0.05) is 18.4 Å². The Balaban J connectivity index is 1.95. The third-order valence-corrected chi connectivity index (χ3v) is 3.93. The highest BCUT2D eigenvalue weighted by Gasteiger charge is 2.43. The van der Waals surface area contributed by atoms with Crippen molar-refractivity contribution in [3.05, 3.63) is 23.8 Å². The minimum absolute atomic E-state index is 0.0844. The summed E-state index contributed by atoms with van der Waals surface area (Å²) in [5.74, 6) is 1.53. The lowest BCUT2D eigenvalue weighted by molar-refractivity contribution is 0.227. The Morgan fingerprint density at radius 2 is 2.14 bits per heavy atom. The Kier molecular flexibility index (Phi) is 5.46. The highest BCUT2D eigenvalue weighted by atomic mass is 16.5. The Labute approximate surface area is 127 Å². The second kappa shape index (κ2) is 7.33. The van der Waals surface area contributed by atoms with Crippen LogP contribution in [-0.4, -0.2) is 20.3 Å². The van der Waals surface area contributed by atoms with Crippen LogP contribution in [0, 0.1) is 16.7 Å². The van der Waals surface area contributed by atoms with Gasteiger partial charge < -0.3 is 14.8 Å². The molecular weight excluding hydrogens is 264 g/mol. The Morgan fingerprint density at radius 3 is 2.76 bits per heavy atom. The number of methoxy groups -OCH3 is 1. The Morgan fingerprint density at radius 1 is 1.33 bits per heavy atom. The van der Waals surface area contributed by atoms with E-state index in [1.54, 1.807) is 7.11 Å². The topological polar surface area (TPSA) is 54.3 Å². The molecule has 0 atom stereocenters. The molecule has 0 spiro atoms. The molecule has 1 fully saturated rings. The molecule has 0 bridgehead atoms. The van der Waals surface area contributed by atoms with Crippen LogP contribution in [0.3, 0.4) is 0 Å². The van der Waals surface area contributed by atoms with Crippen molar-refractivity contribution >= 4 is 0 Å². The van der Waals surface area contributed by atoms with Crippen molar-refractivity contribution in [3.63, 3.8) is 0 Å². The van der Waals surface area contributed by atoms with Gasteiger partial charge in [-0.15, -0.1) is 0 Å². The fraction of sp³-hybridized carbons (Fsp3) is 0.588. The average molecular weight is 288 g/mol. The van der Waals surface area contributed by atoms with Gasteiger partial charge in [0.25, 0.3) is 0 Å². The summed E-state index contributed by atoms with van der Waals surface area (Å²) in [5.41, 5.74) is 1.27. The number of rotatable bonds is 9. The van der Waals surface area contributed by atoms with Crippen LogP contribution in [-0.2, 0) is 6.54 Å². The maximum Gasteiger partial charge on any atom is 0.161 e. The van der Waals surface area contributed by atoms with Crippen molar-refractivity contribution in [1.82, 2.24) is 5.32 Å². The molecule has 1 aromatic rings. The first kappa shape index (κ1) is 15.7. The van der Waals surface area contributed by atoms with Crippen molar-refractivity contribution in [3.8, 4) is 17.6 Å². The molecule has 4 nitrogen and oxygen atoms in total. The lowest BCUT2D eigenvalue weighted by Crippen LogP contribution is -2.14. The van der Waals surface area contributed by atoms with Crippen molar-refractivity contribution in [2.45, 2.75) is 39.2 Å². The summed E-state index contributed by atoms with van der Waals surface area (Å²) >= 11 is 0. The first-order valence-electron chi connectivity index (χ1n) is 7.60. The summed E-state index contributed by atoms with van der Waals surface area (Å²) < 4.78 is 11.3. The van der Waals surface area contributed by atoms with E-state index in [4.69, 9.17) is 14.7 Å². The van der Waals surface area contributed by atoms with Crippen molar-refractivity contribution < 1.29 is 9.47 Å². The van der Waals surface area contributed by atoms with Gasteiger partial charge in [-0.05, 0) is 43.5 Å². The number of hydrogen-bond acceptors (Lipinski definition) is 4. The van der Waals surface area contributed by atoms with E-state index < -0.39 is 0 Å². The highest BCUT2D eigenvalue weighted by molar-refractivity contribution is 5.43. The monoisotopic (exact) mass is 288 g/mol. The Hall–Kier alpha value is -1.73. The van der Waals surface area contributed by atoms with Crippen LogP contribution in [0.5, 0.6) is 11.5 Å². The Bertz CT molecular complexity index is 504. The summed E-state index contributed by atoms with van der Waals surface area (Å²) in [7, 11) is 1.66. The quantitative estimate of drug-likeness (QED) is 0.709. The minimum atomic E-state index is 0.0844. The molecule has 0 saturated heterocycles. The normalized spacial score (nSPS) is 15.3. The lowest BCUT2D eigenvalue weighted by Gasteiger charge is -2.16. The smallest absolute Gasteiger partial charge is 0.161 e.